The van der Waals surface area contributed by atoms with Crippen LogP contribution in [0, 0.1) is 0 Å². The van der Waals surface area contributed by atoms with Crippen LogP contribution < -0.4 is 5.32 Å². The van der Waals surface area contributed by atoms with E-state index in [2.05, 4.69) is 20.4 Å². The van der Waals surface area contributed by atoms with E-state index in [0.717, 1.165) is 16.5 Å². The number of pyridine rings is 1. The maximum atomic E-state index is 5.27. The Hall–Kier alpha value is -2.27. The second-order valence-corrected chi connectivity index (χ2v) is 3.93. The molecule has 2 aromatic heterocycles. The van der Waals surface area contributed by atoms with Gasteiger partial charge in [0.2, 0.25) is 0 Å². The normalized spacial score (nSPS) is 10.9. The lowest BCUT2D eigenvalue weighted by Crippen LogP contribution is -2.06. The number of fused-ring (bicyclic) bond motifs is 1. The number of para-hydroxylation sites is 1. The van der Waals surface area contributed by atoms with Gasteiger partial charge in [0, 0.05) is 11.6 Å². The molecule has 0 saturated carbocycles. The number of hydrogen-bond donors (Lipinski definition) is 1. The molecule has 0 saturated heterocycles. The Labute approximate surface area is 104 Å². The molecule has 0 amide bonds. The Morgan fingerprint density at radius 3 is 3.00 bits per heavy atom. The van der Waals surface area contributed by atoms with Crippen LogP contribution in [0.1, 0.15) is 5.82 Å². The van der Waals surface area contributed by atoms with E-state index in [1.807, 2.05) is 37.4 Å². The van der Waals surface area contributed by atoms with E-state index in [4.69, 9.17) is 4.52 Å². The quantitative estimate of drug-likeness (QED) is 0.758. The molecule has 0 spiro atoms. The van der Waals surface area contributed by atoms with Crippen molar-refractivity contribution in [3.8, 4) is 11.5 Å². The third kappa shape index (κ3) is 1.84. The van der Waals surface area contributed by atoms with E-state index in [-0.39, 0.29) is 0 Å². The third-order valence-corrected chi connectivity index (χ3v) is 2.67. The summed E-state index contributed by atoms with van der Waals surface area (Å²) < 4.78 is 5.27. The topological polar surface area (TPSA) is 63.8 Å². The largest absolute Gasteiger partial charge is 0.334 e. The van der Waals surface area contributed by atoms with Crippen molar-refractivity contribution in [1.82, 2.24) is 20.4 Å². The number of hydrogen-bond acceptors (Lipinski definition) is 5. The summed E-state index contributed by atoms with van der Waals surface area (Å²) in [6.45, 7) is 0.585. The highest BCUT2D eigenvalue weighted by Gasteiger charge is 2.11. The van der Waals surface area contributed by atoms with Gasteiger partial charge in [-0.2, -0.15) is 4.98 Å². The van der Waals surface area contributed by atoms with Crippen molar-refractivity contribution in [3.05, 3.63) is 42.4 Å². The van der Waals surface area contributed by atoms with Gasteiger partial charge in [0.25, 0.3) is 5.89 Å². The lowest BCUT2D eigenvalue weighted by molar-refractivity contribution is 0.421. The fourth-order valence-electron chi connectivity index (χ4n) is 1.87. The second-order valence-electron chi connectivity index (χ2n) is 3.93. The molecule has 0 fully saturated rings. The Morgan fingerprint density at radius 2 is 2.11 bits per heavy atom. The molecule has 18 heavy (non-hydrogen) atoms. The zero-order chi connectivity index (χ0) is 12.4. The molecule has 0 unspecified atom stereocenters. The molecule has 1 N–H and O–H groups in total. The van der Waals surface area contributed by atoms with Crippen molar-refractivity contribution in [3.63, 3.8) is 0 Å². The summed E-state index contributed by atoms with van der Waals surface area (Å²) in [6, 6.07) is 9.83. The number of nitrogens with zero attached hydrogens (tertiary/aromatic N) is 3. The van der Waals surface area contributed by atoms with Crippen LogP contribution in [-0.4, -0.2) is 22.2 Å². The van der Waals surface area contributed by atoms with Crippen LogP contribution >= 0.6 is 0 Å². The Morgan fingerprint density at radius 1 is 1.22 bits per heavy atom. The van der Waals surface area contributed by atoms with Crippen LogP contribution in [0.4, 0.5) is 0 Å². The minimum absolute atomic E-state index is 0.504. The number of benzene rings is 1. The molecule has 3 aromatic rings. The van der Waals surface area contributed by atoms with Crippen LogP contribution in [0.5, 0.6) is 0 Å². The van der Waals surface area contributed by atoms with Gasteiger partial charge in [0.15, 0.2) is 5.82 Å². The van der Waals surface area contributed by atoms with Gasteiger partial charge < -0.3 is 9.84 Å². The molecule has 0 radical (unpaired) electrons. The maximum Gasteiger partial charge on any atom is 0.260 e. The van der Waals surface area contributed by atoms with E-state index in [1.54, 1.807) is 6.20 Å². The summed E-state index contributed by atoms with van der Waals surface area (Å²) in [5.41, 5.74) is 1.74. The van der Waals surface area contributed by atoms with E-state index >= 15 is 0 Å². The van der Waals surface area contributed by atoms with Crippen molar-refractivity contribution >= 4 is 10.9 Å². The molecule has 0 atom stereocenters. The van der Waals surface area contributed by atoms with Crippen LogP contribution in [0.2, 0.25) is 0 Å². The monoisotopic (exact) mass is 240 g/mol. The van der Waals surface area contributed by atoms with Gasteiger partial charge in [-0.15, -0.1) is 0 Å². The number of rotatable bonds is 3. The average molecular weight is 240 g/mol. The van der Waals surface area contributed by atoms with E-state index in [0.29, 0.717) is 18.3 Å². The van der Waals surface area contributed by atoms with Crippen LogP contribution in [-0.2, 0) is 6.54 Å². The van der Waals surface area contributed by atoms with Gasteiger partial charge in [-0.25, -0.2) is 0 Å². The first-order valence-corrected chi connectivity index (χ1v) is 5.70. The molecule has 5 heteroatoms. The van der Waals surface area contributed by atoms with Crippen molar-refractivity contribution < 1.29 is 4.52 Å². The summed E-state index contributed by atoms with van der Waals surface area (Å²) in [5.74, 6) is 1.14. The predicted molar refractivity (Wildman–Crippen MR) is 67.8 cm³/mol. The third-order valence-electron chi connectivity index (χ3n) is 2.67. The Kier molecular flexibility index (Phi) is 2.74. The molecule has 3 rings (SSSR count). The lowest BCUT2D eigenvalue weighted by atomic mass is 10.1. The van der Waals surface area contributed by atoms with Crippen LogP contribution in [0.3, 0.4) is 0 Å². The first-order valence-electron chi connectivity index (χ1n) is 5.70. The highest BCUT2D eigenvalue weighted by molar-refractivity contribution is 5.91. The van der Waals surface area contributed by atoms with Gasteiger partial charge in [0.05, 0.1) is 17.6 Å². The molecule has 0 aliphatic rings. The first kappa shape index (κ1) is 10.9. The summed E-state index contributed by atoms with van der Waals surface area (Å²) >= 11 is 0. The number of nitrogens with one attached hydrogen (secondary N) is 1. The van der Waals surface area contributed by atoms with Crippen molar-refractivity contribution in [2.75, 3.05) is 7.05 Å². The fraction of sp³-hybridized carbons (Fsp3) is 0.154. The first-order chi connectivity index (χ1) is 8.88. The van der Waals surface area contributed by atoms with Gasteiger partial charge in [-0.05, 0) is 19.2 Å². The smallest absolute Gasteiger partial charge is 0.260 e. The molecular weight excluding hydrogens is 228 g/mol. The summed E-state index contributed by atoms with van der Waals surface area (Å²) in [6.07, 6.45) is 1.76. The van der Waals surface area contributed by atoms with Crippen LogP contribution in [0.15, 0.2) is 41.1 Å². The molecule has 0 aliphatic heterocycles. The van der Waals surface area contributed by atoms with Gasteiger partial charge in [-0.1, -0.05) is 23.4 Å². The minimum Gasteiger partial charge on any atom is -0.334 e. The standard InChI is InChI=1S/C13H12N4O/c1-14-8-11-16-13(18-17-11)10-6-2-4-9-5-3-7-15-12(9)10/h2-7,14H,8H2,1H3. The predicted octanol–water partition coefficient (Wildman–Crippen LogP) is 2.00. The molecule has 1 aromatic carbocycles. The molecular formula is C13H12N4O. The van der Waals surface area contributed by atoms with Crippen molar-refractivity contribution in [2.24, 2.45) is 0 Å². The Bertz CT molecular complexity index is 672. The molecule has 0 bridgehead atoms. The molecule has 90 valence electrons. The lowest BCUT2D eigenvalue weighted by Gasteiger charge is -2.00. The minimum atomic E-state index is 0.504. The van der Waals surface area contributed by atoms with Gasteiger partial charge in [-0.3, -0.25) is 4.98 Å². The second kappa shape index (κ2) is 4.54. The molecule has 0 aliphatic carbocycles. The zero-order valence-corrected chi connectivity index (χ0v) is 9.92. The highest BCUT2D eigenvalue weighted by atomic mass is 16.5. The van der Waals surface area contributed by atoms with E-state index < -0.39 is 0 Å². The Balaban J connectivity index is 2.12. The van der Waals surface area contributed by atoms with E-state index in [1.165, 1.54) is 0 Å². The van der Waals surface area contributed by atoms with E-state index in [9.17, 15) is 0 Å². The molecule has 2 heterocycles. The van der Waals surface area contributed by atoms with Crippen molar-refractivity contribution in [1.29, 1.82) is 0 Å². The van der Waals surface area contributed by atoms with Gasteiger partial charge >= 0.3 is 0 Å². The van der Waals surface area contributed by atoms with Crippen molar-refractivity contribution in [2.45, 2.75) is 6.54 Å². The summed E-state index contributed by atoms with van der Waals surface area (Å²) in [7, 11) is 1.84. The zero-order valence-electron chi connectivity index (χ0n) is 9.92. The summed E-state index contributed by atoms with van der Waals surface area (Å²) in [5, 5.41) is 7.96. The molecule has 5 nitrogen and oxygen atoms in total. The summed E-state index contributed by atoms with van der Waals surface area (Å²) in [4.78, 5) is 8.71. The number of aromatic nitrogens is 3. The average Bonchev–Trinajstić information content (AvgIpc) is 2.87. The maximum absolute atomic E-state index is 5.27. The SMILES string of the molecule is CNCc1noc(-c2cccc3cccnc23)n1. The highest BCUT2D eigenvalue weighted by Crippen LogP contribution is 2.25. The van der Waals surface area contributed by atoms with Gasteiger partial charge in [0.1, 0.15) is 0 Å². The van der Waals surface area contributed by atoms with Crippen LogP contribution in [0.25, 0.3) is 22.4 Å². The fourth-order valence-corrected chi connectivity index (χ4v) is 1.87.